The Morgan fingerprint density at radius 1 is 1.19 bits per heavy atom. The smallest absolute Gasteiger partial charge is 0.126 e. The predicted octanol–water partition coefficient (Wildman–Crippen LogP) is 4.21. The third kappa shape index (κ3) is 4.80. The minimum absolute atomic E-state index is 0.889. The van der Waals surface area contributed by atoms with Gasteiger partial charge in [-0.1, -0.05) is 31.2 Å². The number of benzene rings is 1. The van der Waals surface area contributed by atoms with Gasteiger partial charge in [0, 0.05) is 18.7 Å². The van der Waals surface area contributed by atoms with Crippen molar-refractivity contribution in [2.75, 3.05) is 20.2 Å². The third-order valence-corrected chi connectivity index (χ3v) is 3.32. The van der Waals surface area contributed by atoms with Gasteiger partial charge in [-0.25, -0.2) is 0 Å². The lowest BCUT2D eigenvalue weighted by Gasteiger charge is -2.21. The van der Waals surface area contributed by atoms with Crippen molar-refractivity contribution in [1.29, 1.82) is 0 Å². The van der Waals surface area contributed by atoms with Crippen molar-refractivity contribution in [3.05, 3.63) is 60.1 Å². The maximum atomic E-state index is 5.43. The first kappa shape index (κ1) is 15.4. The molecule has 112 valence electrons. The van der Waals surface area contributed by atoms with Gasteiger partial charge >= 0.3 is 0 Å². The fraction of sp³-hybridized carbons (Fsp3) is 0.333. The number of ether oxygens (including phenoxy) is 1. The average Bonchev–Trinajstić information content (AvgIpc) is 3.01. The second kappa shape index (κ2) is 8.32. The number of hydrogen-bond acceptors (Lipinski definition) is 3. The summed E-state index contributed by atoms with van der Waals surface area (Å²) in [7, 11) is 1.72. The summed E-state index contributed by atoms with van der Waals surface area (Å²) >= 11 is 0. The zero-order chi connectivity index (χ0) is 14.9. The predicted molar refractivity (Wildman–Crippen MR) is 86.3 cm³/mol. The number of rotatable bonds is 8. The molecule has 0 spiro atoms. The van der Waals surface area contributed by atoms with Crippen LogP contribution in [0.15, 0.2) is 53.2 Å². The summed E-state index contributed by atoms with van der Waals surface area (Å²) in [4.78, 5) is 2.40. The first-order valence-electron chi connectivity index (χ1n) is 7.37. The zero-order valence-electron chi connectivity index (χ0n) is 12.8. The van der Waals surface area contributed by atoms with Crippen molar-refractivity contribution >= 4 is 6.08 Å². The largest absolute Gasteiger partial charge is 0.496 e. The maximum absolute atomic E-state index is 5.43. The van der Waals surface area contributed by atoms with Crippen molar-refractivity contribution in [3.8, 4) is 5.75 Å². The second-order valence-electron chi connectivity index (χ2n) is 4.96. The highest BCUT2D eigenvalue weighted by atomic mass is 16.5. The van der Waals surface area contributed by atoms with E-state index >= 15 is 0 Å². The van der Waals surface area contributed by atoms with E-state index < -0.39 is 0 Å². The van der Waals surface area contributed by atoms with E-state index in [2.05, 4.69) is 30.0 Å². The van der Waals surface area contributed by atoms with Crippen molar-refractivity contribution in [2.45, 2.75) is 19.9 Å². The highest BCUT2D eigenvalue weighted by Gasteiger charge is 2.07. The van der Waals surface area contributed by atoms with E-state index in [0.29, 0.717) is 0 Å². The van der Waals surface area contributed by atoms with Crippen LogP contribution in [0, 0.1) is 0 Å². The molecule has 1 aromatic carbocycles. The fourth-order valence-corrected chi connectivity index (χ4v) is 2.33. The summed E-state index contributed by atoms with van der Waals surface area (Å²) in [5.41, 5.74) is 1.22. The van der Waals surface area contributed by atoms with Crippen LogP contribution in [0.4, 0.5) is 0 Å². The number of para-hydroxylation sites is 1. The number of hydrogen-bond donors (Lipinski definition) is 0. The van der Waals surface area contributed by atoms with Crippen LogP contribution in [-0.2, 0) is 6.54 Å². The molecule has 0 bridgehead atoms. The molecule has 0 unspecified atom stereocenters. The fourth-order valence-electron chi connectivity index (χ4n) is 2.33. The highest BCUT2D eigenvalue weighted by molar-refractivity contribution is 5.42. The van der Waals surface area contributed by atoms with Crippen LogP contribution in [0.5, 0.6) is 5.75 Å². The molecular weight excluding hydrogens is 262 g/mol. The lowest BCUT2D eigenvalue weighted by Crippen LogP contribution is -2.24. The molecule has 1 heterocycles. The normalized spacial score (nSPS) is 11.4. The molecular formula is C18H23NO2. The van der Waals surface area contributed by atoms with Crippen molar-refractivity contribution < 1.29 is 9.15 Å². The molecule has 0 saturated heterocycles. The lowest BCUT2D eigenvalue weighted by atomic mass is 10.2. The van der Waals surface area contributed by atoms with E-state index in [4.69, 9.17) is 9.15 Å². The summed E-state index contributed by atoms with van der Waals surface area (Å²) < 4.78 is 10.7. The van der Waals surface area contributed by atoms with Gasteiger partial charge in [-0.15, -0.1) is 0 Å². The number of methoxy groups -OCH3 is 1. The monoisotopic (exact) mass is 285 g/mol. The molecule has 0 fully saturated rings. The van der Waals surface area contributed by atoms with Crippen LogP contribution < -0.4 is 4.74 Å². The standard InChI is InChI=1S/C18H23NO2/c1-3-12-19(13-6-9-17-10-7-14-21-17)15-16-8-4-5-11-18(16)20-2/h4-11,14H,3,12-13,15H2,1-2H3. The van der Waals surface area contributed by atoms with Crippen LogP contribution in [-0.4, -0.2) is 25.1 Å². The average molecular weight is 285 g/mol. The van der Waals surface area contributed by atoms with E-state index in [-0.39, 0.29) is 0 Å². The Labute approximate surface area is 126 Å². The summed E-state index contributed by atoms with van der Waals surface area (Å²) in [6.07, 6.45) is 6.98. The first-order valence-corrected chi connectivity index (χ1v) is 7.37. The molecule has 1 aromatic heterocycles. The Hall–Kier alpha value is -2.00. The maximum Gasteiger partial charge on any atom is 0.126 e. The van der Waals surface area contributed by atoms with Gasteiger partial charge in [-0.05, 0) is 37.2 Å². The van der Waals surface area contributed by atoms with Crippen LogP contribution in [0.25, 0.3) is 6.08 Å². The van der Waals surface area contributed by atoms with Crippen molar-refractivity contribution in [3.63, 3.8) is 0 Å². The highest BCUT2D eigenvalue weighted by Crippen LogP contribution is 2.19. The SMILES string of the molecule is CCCN(CC=Cc1ccco1)Cc1ccccc1OC. The van der Waals surface area contributed by atoms with Gasteiger partial charge in [0.1, 0.15) is 11.5 Å². The molecule has 3 heteroatoms. The zero-order valence-corrected chi connectivity index (χ0v) is 12.8. The van der Waals surface area contributed by atoms with Crippen LogP contribution in [0.1, 0.15) is 24.7 Å². The molecule has 0 aliphatic carbocycles. The molecule has 2 aromatic rings. The Bertz CT molecular complexity index is 546. The summed E-state index contributed by atoms with van der Waals surface area (Å²) in [5.74, 6) is 1.84. The molecule has 0 saturated carbocycles. The van der Waals surface area contributed by atoms with Gasteiger partial charge in [-0.3, -0.25) is 4.90 Å². The Kier molecular flexibility index (Phi) is 6.10. The summed E-state index contributed by atoms with van der Waals surface area (Å²) in [6, 6.07) is 12.1. The molecule has 0 atom stereocenters. The van der Waals surface area contributed by atoms with Crippen LogP contribution >= 0.6 is 0 Å². The molecule has 0 amide bonds. The van der Waals surface area contributed by atoms with Crippen molar-refractivity contribution in [2.24, 2.45) is 0 Å². The molecule has 3 nitrogen and oxygen atoms in total. The van der Waals surface area contributed by atoms with Crippen LogP contribution in [0.2, 0.25) is 0 Å². The Balaban J connectivity index is 1.98. The molecule has 0 aliphatic rings. The number of furan rings is 1. The van der Waals surface area contributed by atoms with Gasteiger partial charge in [0.2, 0.25) is 0 Å². The van der Waals surface area contributed by atoms with Gasteiger partial charge in [0.25, 0.3) is 0 Å². The molecule has 21 heavy (non-hydrogen) atoms. The summed E-state index contributed by atoms with van der Waals surface area (Å²) in [6.45, 7) is 5.04. The van der Waals surface area contributed by atoms with E-state index in [1.165, 1.54) is 5.56 Å². The number of nitrogens with zero attached hydrogens (tertiary/aromatic N) is 1. The molecule has 0 N–H and O–H groups in total. The molecule has 0 aliphatic heterocycles. The van der Waals surface area contributed by atoms with E-state index in [9.17, 15) is 0 Å². The first-order chi connectivity index (χ1) is 10.3. The van der Waals surface area contributed by atoms with Gasteiger partial charge in [0.05, 0.1) is 13.4 Å². The molecule has 2 rings (SSSR count). The minimum Gasteiger partial charge on any atom is -0.496 e. The third-order valence-electron chi connectivity index (χ3n) is 3.32. The second-order valence-corrected chi connectivity index (χ2v) is 4.96. The van der Waals surface area contributed by atoms with Gasteiger partial charge in [-0.2, -0.15) is 0 Å². The van der Waals surface area contributed by atoms with E-state index in [0.717, 1.165) is 37.6 Å². The summed E-state index contributed by atoms with van der Waals surface area (Å²) in [5, 5.41) is 0. The lowest BCUT2D eigenvalue weighted by molar-refractivity contribution is 0.289. The van der Waals surface area contributed by atoms with E-state index in [1.807, 2.05) is 30.3 Å². The molecule has 0 radical (unpaired) electrons. The topological polar surface area (TPSA) is 25.6 Å². The Morgan fingerprint density at radius 3 is 2.76 bits per heavy atom. The quantitative estimate of drug-likeness (QED) is 0.726. The van der Waals surface area contributed by atoms with Crippen LogP contribution in [0.3, 0.4) is 0 Å². The van der Waals surface area contributed by atoms with Gasteiger partial charge < -0.3 is 9.15 Å². The van der Waals surface area contributed by atoms with Gasteiger partial charge in [0.15, 0.2) is 0 Å². The minimum atomic E-state index is 0.889. The Morgan fingerprint density at radius 2 is 2.05 bits per heavy atom. The van der Waals surface area contributed by atoms with Crippen molar-refractivity contribution in [1.82, 2.24) is 4.90 Å². The van der Waals surface area contributed by atoms with E-state index in [1.54, 1.807) is 13.4 Å².